The quantitative estimate of drug-likeness (QED) is 0.281. The molecule has 160 valence electrons. The van der Waals surface area contributed by atoms with Crippen LogP contribution in [0.3, 0.4) is 0 Å². The molecule has 0 aliphatic rings. The van der Waals surface area contributed by atoms with Gasteiger partial charge in [-0.05, 0) is 54.8 Å². The number of amides is 1. The van der Waals surface area contributed by atoms with Crippen LogP contribution < -0.4 is 10.5 Å². The van der Waals surface area contributed by atoms with Crippen molar-refractivity contribution in [2.75, 3.05) is 10.5 Å². The average Bonchev–Trinajstić information content (AvgIpc) is 2.68. The van der Waals surface area contributed by atoms with Crippen LogP contribution in [0.25, 0.3) is 10.8 Å². The lowest BCUT2D eigenvalue weighted by molar-refractivity contribution is 0.102. The van der Waals surface area contributed by atoms with Crippen molar-refractivity contribution in [3.63, 3.8) is 0 Å². The van der Waals surface area contributed by atoms with Crippen molar-refractivity contribution in [1.82, 2.24) is 0 Å². The standard InChI is InChI=1S/C18H15BN2O8S2/c1-9-15(31(27,28)29)7-11-6-13(30(24,25)26)8-14(16(11)17(9)22)20-18(23)10-2-4-12(21-19)5-3-10/h2-8,21-22H,1H3,(H,20,23)(H,24,25,26)(H,27,28,29). The molecule has 0 bridgehead atoms. The number of carbonyl (C=O) groups is 1. The van der Waals surface area contributed by atoms with Gasteiger partial charge in [0.2, 0.25) is 7.98 Å². The highest BCUT2D eigenvalue weighted by Crippen LogP contribution is 2.39. The number of phenols is 1. The van der Waals surface area contributed by atoms with Crippen molar-refractivity contribution in [2.45, 2.75) is 16.7 Å². The molecule has 0 saturated heterocycles. The molecule has 0 unspecified atom stereocenters. The van der Waals surface area contributed by atoms with Crippen molar-refractivity contribution in [1.29, 1.82) is 0 Å². The summed E-state index contributed by atoms with van der Waals surface area (Å²) in [6.07, 6.45) is 0. The average molecular weight is 462 g/mol. The van der Waals surface area contributed by atoms with E-state index in [2.05, 4.69) is 10.5 Å². The molecule has 0 atom stereocenters. The van der Waals surface area contributed by atoms with E-state index in [1.807, 2.05) is 0 Å². The minimum atomic E-state index is -4.76. The van der Waals surface area contributed by atoms with Gasteiger partial charge in [0.15, 0.2) is 0 Å². The highest BCUT2D eigenvalue weighted by atomic mass is 32.2. The first kappa shape index (κ1) is 22.6. The van der Waals surface area contributed by atoms with Crippen LogP contribution in [0.5, 0.6) is 5.75 Å². The second-order valence-corrected chi connectivity index (χ2v) is 9.35. The fourth-order valence-electron chi connectivity index (χ4n) is 3.00. The molecule has 3 rings (SSSR count). The first-order chi connectivity index (χ1) is 14.3. The predicted octanol–water partition coefficient (Wildman–Crippen LogP) is 2.09. The van der Waals surface area contributed by atoms with Crippen LogP contribution in [0.2, 0.25) is 0 Å². The Balaban J connectivity index is 2.25. The Morgan fingerprint density at radius 3 is 2.10 bits per heavy atom. The molecule has 0 aliphatic heterocycles. The Labute approximate surface area is 178 Å². The SMILES string of the molecule is [B]Nc1ccc(C(=O)Nc2cc(S(=O)(=O)O)cc3cc(S(=O)(=O)O)c(C)c(O)c23)cc1. The molecule has 0 heterocycles. The van der Waals surface area contributed by atoms with Gasteiger partial charge in [-0.2, -0.15) is 16.8 Å². The van der Waals surface area contributed by atoms with Crippen LogP contribution in [0.15, 0.2) is 52.3 Å². The summed E-state index contributed by atoms with van der Waals surface area (Å²) < 4.78 is 65.5. The number of hydrogen-bond acceptors (Lipinski definition) is 7. The Hall–Kier alpha value is -3.13. The second kappa shape index (κ2) is 7.85. The molecule has 10 nitrogen and oxygen atoms in total. The highest BCUT2D eigenvalue weighted by molar-refractivity contribution is 7.86. The molecule has 1 amide bonds. The van der Waals surface area contributed by atoms with Crippen LogP contribution >= 0.6 is 0 Å². The van der Waals surface area contributed by atoms with Gasteiger partial charge in [-0.15, -0.1) is 0 Å². The van der Waals surface area contributed by atoms with Gasteiger partial charge in [0.25, 0.3) is 26.1 Å². The van der Waals surface area contributed by atoms with E-state index in [1.165, 1.54) is 31.2 Å². The molecule has 3 aromatic carbocycles. The summed E-state index contributed by atoms with van der Waals surface area (Å²) in [6.45, 7) is 1.22. The summed E-state index contributed by atoms with van der Waals surface area (Å²) in [5, 5.41) is 15.1. The summed E-state index contributed by atoms with van der Waals surface area (Å²) in [6, 6.07) is 8.63. The van der Waals surface area contributed by atoms with Gasteiger partial charge in [0, 0.05) is 22.2 Å². The zero-order valence-corrected chi connectivity index (χ0v) is 17.5. The van der Waals surface area contributed by atoms with E-state index >= 15 is 0 Å². The molecule has 2 radical (unpaired) electrons. The van der Waals surface area contributed by atoms with Gasteiger partial charge >= 0.3 is 0 Å². The first-order valence-corrected chi connectivity index (χ1v) is 11.3. The topological polar surface area (TPSA) is 170 Å². The van der Waals surface area contributed by atoms with E-state index in [1.54, 1.807) is 0 Å². The van der Waals surface area contributed by atoms with Crippen molar-refractivity contribution >= 4 is 56.3 Å². The molecule has 0 aromatic heterocycles. The van der Waals surface area contributed by atoms with Gasteiger partial charge in [0.1, 0.15) is 10.6 Å². The minimum Gasteiger partial charge on any atom is -0.507 e. The van der Waals surface area contributed by atoms with Gasteiger partial charge in [-0.3, -0.25) is 13.9 Å². The maximum atomic E-state index is 12.6. The summed E-state index contributed by atoms with van der Waals surface area (Å²) >= 11 is 0. The summed E-state index contributed by atoms with van der Waals surface area (Å²) in [4.78, 5) is 11.3. The molecule has 0 fully saturated rings. The molecule has 13 heteroatoms. The van der Waals surface area contributed by atoms with Gasteiger partial charge in [-0.25, -0.2) is 0 Å². The van der Waals surface area contributed by atoms with Crippen LogP contribution in [-0.4, -0.2) is 44.9 Å². The third kappa shape index (κ3) is 4.49. The van der Waals surface area contributed by atoms with Crippen molar-refractivity contribution < 1.29 is 35.8 Å². The van der Waals surface area contributed by atoms with Crippen LogP contribution in [0, 0.1) is 6.92 Å². The summed E-state index contributed by atoms with van der Waals surface area (Å²) in [7, 11) is -4.25. The van der Waals surface area contributed by atoms with E-state index in [4.69, 9.17) is 7.98 Å². The Bertz CT molecular complexity index is 1420. The number of rotatable bonds is 5. The van der Waals surface area contributed by atoms with Gasteiger partial charge < -0.3 is 15.7 Å². The molecule has 0 saturated carbocycles. The predicted molar refractivity (Wildman–Crippen MR) is 114 cm³/mol. The number of nitrogens with one attached hydrogen (secondary N) is 2. The van der Waals surface area contributed by atoms with E-state index in [0.29, 0.717) is 5.69 Å². The molecule has 0 aliphatic carbocycles. The van der Waals surface area contributed by atoms with Gasteiger partial charge in [-0.1, -0.05) is 0 Å². The number of phenolic OH excluding ortho intramolecular Hbond substituents is 1. The van der Waals surface area contributed by atoms with E-state index in [9.17, 15) is 35.8 Å². The number of fused-ring (bicyclic) bond motifs is 1. The molecule has 31 heavy (non-hydrogen) atoms. The lowest BCUT2D eigenvalue weighted by Crippen LogP contribution is -2.13. The fraction of sp³-hybridized carbons (Fsp3) is 0.0556. The molecular weight excluding hydrogens is 447 g/mol. The Morgan fingerprint density at radius 2 is 1.58 bits per heavy atom. The van der Waals surface area contributed by atoms with E-state index in [-0.39, 0.29) is 27.6 Å². The minimum absolute atomic E-state index is 0.0918. The van der Waals surface area contributed by atoms with Crippen molar-refractivity contribution in [2.24, 2.45) is 0 Å². The second-order valence-electron chi connectivity index (χ2n) is 6.54. The lowest BCUT2D eigenvalue weighted by Gasteiger charge is -2.15. The Kier molecular flexibility index (Phi) is 5.71. The number of benzene rings is 3. The summed E-state index contributed by atoms with van der Waals surface area (Å²) in [5.74, 6) is -1.29. The smallest absolute Gasteiger partial charge is 0.294 e. The molecular formula is C18H15BN2O8S2. The zero-order valence-electron chi connectivity index (χ0n) is 15.8. The lowest BCUT2D eigenvalue weighted by atomic mass is 10.0. The third-order valence-corrected chi connectivity index (χ3v) is 6.34. The number of hydrogen-bond donors (Lipinski definition) is 5. The van der Waals surface area contributed by atoms with Crippen molar-refractivity contribution in [3.8, 4) is 5.75 Å². The van der Waals surface area contributed by atoms with Gasteiger partial charge in [0.05, 0.1) is 10.6 Å². The Morgan fingerprint density at radius 1 is 0.968 bits per heavy atom. The van der Waals surface area contributed by atoms with E-state index < -0.39 is 41.7 Å². The molecule has 5 N–H and O–H groups in total. The maximum absolute atomic E-state index is 12.6. The van der Waals surface area contributed by atoms with E-state index in [0.717, 1.165) is 18.2 Å². The fourth-order valence-corrected chi connectivity index (χ4v) is 4.30. The molecule has 3 aromatic rings. The first-order valence-electron chi connectivity index (χ1n) is 8.46. The number of anilines is 2. The van der Waals surface area contributed by atoms with Crippen molar-refractivity contribution in [3.05, 3.63) is 53.6 Å². The maximum Gasteiger partial charge on any atom is 0.294 e. The monoisotopic (exact) mass is 462 g/mol. The van der Waals surface area contributed by atoms with Crippen LogP contribution in [-0.2, 0) is 20.2 Å². The normalized spacial score (nSPS) is 12.0. The van der Waals surface area contributed by atoms with Crippen LogP contribution in [0.4, 0.5) is 11.4 Å². The zero-order chi connectivity index (χ0) is 23.1. The number of carbonyl (C=O) groups excluding carboxylic acids is 1. The largest absolute Gasteiger partial charge is 0.507 e. The number of aromatic hydroxyl groups is 1. The molecule has 0 spiro atoms. The third-order valence-electron chi connectivity index (χ3n) is 4.53. The van der Waals surface area contributed by atoms with Crippen LogP contribution in [0.1, 0.15) is 15.9 Å². The highest BCUT2D eigenvalue weighted by Gasteiger charge is 2.23. The summed E-state index contributed by atoms with van der Waals surface area (Å²) in [5.41, 5.74) is 0.263.